The Morgan fingerprint density at radius 3 is 2.39 bits per heavy atom. The first-order valence-electron chi connectivity index (χ1n) is 10.8. The molecule has 0 saturated carbocycles. The number of nitrogens with zero attached hydrogens (tertiary/aromatic N) is 2. The summed E-state index contributed by atoms with van der Waals surface area (Å²) < 4.78 is 5.69. The van der Waals surface area contributed by atoms with Crippen molar-refractivity contribution in [1.82, 2.24) is 15.2 Å². The van der Waals surface area contributed by atoms with Gasteiger partial charge in [0.1, 0.15) is 5.75 Å². The molecule has 1 heterocycles. The number of hydrogen-bond acceptors (Lipinski definition) is 4. The molecule has 0 radical (unpaired) electrons. The fourth-order valence-corrected chi connectivity index (χ4v) is 3.21. The highest BCUT2D eigenvalue weighted by atomic mass is 16.5. The van der Waals surface area contributed by atoms with Crippen molar-refractivity contribution < 1.29 is 14.3 Å². The van der Waals surface area contributed by atoms with Gasteiger partial charge in [-0.25, -0.2) is 4.79 Å². The lowest BCUT2D eigenvalue weighted by Crippen LogP contribution is -2.34. The van der Waals surface area contributed by atoms with E-state index in [0.29, 0.717) is 17.9 Å². The van der Waals surface area contributed by atoms with Gasteiger partial charge in [-0.2, -0.15) is 0 Å². The third kappa shape index (κ3) is 7.07. The van der Waals surface area contributed by atoms with Gasteiger partial charge >= 0.3 is 6.03 Å². The predicted octanol–water partition coefficient (Wildman–Crippen LogP) is 4.27. The van der Waals surface area contributed by atoms with Crippen molar-refractivity contribution in [3.05, 3.63) is 89.2 Å². The molecule has 3 amide bonds. The summed E-state index contributed by atoms with van der Waals surface area (Å²) in [6, 6.07) is 18.6. The van der Waals surface area contributed by atoms with Gasteiger partial charge in [0.25, 0.3) is 5.91 Å². The summed E-state index contributed by atoms with van der Waals surface area (Å²) in [5.41, 5.74) is 4.49. The molecular weight excluding hydrogens is 416 g/mol. The van der Waals surface area contributed by atoms with Gasteiger partial charge in [-0.05, 0) is 55.7 Å². The average Bonchev–Trinajstić information content (AvgIpc) is 2.80. The Labute approximate surface area is 194 Å². The Kier molecular flexibility index (Phi) is 8.02. The summed E-state index contributed by atoms with van der Waals surface area (Å²) in [5, 5.41) is 5.88. The maximum absolute atomic E-state index is 12.9. The largest absolute Gasteiger partial charge is 0.482 e. The molecular formula is C26H30N4O3. The maximum atomic E-state index is 12.9. The van der Waals surface area contributed by atoms with Gasteiger partial charge < -0.3 is 20.3 Å². The van der Waals surface area contributed by atoms with Crippen molar-refractivity contribution in [3.63, 3.8) is 0 Å². The number of carbonyl (C=O) groups excluding carboxylic acids is 2. The molecule has 33 heavy (non-hydrogen) atoms. The molecule has 2 N–H and O–H groups in total. The number of rotatable bonds is 8. The minimum atomic E-state index is -0.384. The highest BCUT2D eigenvalue weighted by molar-refractivity contribution is 5.91. The Hall–Kier alpha value is -3.87. The lowest BCUT2D eigenvalue weighted by Gasteiger charge is -2.20. The van der Waals surface area contributed by atoms with Gasteiger partial charge in [0.15, 0.2) is 6.61 Å². The fraction of sp³-hybridized carbons (Fsp3) is 0.269. The van der Waals surface area contributed by atoms with Crippen LogP contribution in [0.25, 0.3) is 0 Å². The van der Waals surface area contributed by atoms with Crippen molar-refractivity contribution in [2.45, 2.75) is 26.3 Å². The lowest BCUT2D eigenvalue weighted by molar-refractivity contribution is -0.130. The van der Waals surface area contributed by atoms with E-state index in [9.17, 15) is 9.59 Å². The third-order valence-corrected chi connectivity index (χ3v) is 5.15. The molecule has 172 valence electrons. The number of ether oxygens (including phenoxy) is 1. The van der Waals surface area contributed by atoms with Crippen LogP contribution < -0.4 is 15.4 Å². The SMILES string of the molecule is Cc1ccc(CC(NC(=O)Nc2ccc(C)cc2OCC(=O)N(C)C)c2ccccn2)cc1. The molecule has 7 nitrogen and oxygen atoms in total. The third-order valence-electron chi connectivity index (χ3n) is 5.15. The van der Waals surface area contributed by atoms with Crippen LogP contribution >= 0.6 is 0 Å². The number of carbonyl (C=O) groups is 2. The minimum absolute atomic E-state index is 0.114. The molecule has 0 aliphatic heterocycles. The van der Waals surface area contributed by atoms with Crippen LogP contribution in [-0.4, -0.2) is 42.5 Å². The van der Waals surface area contributed by atoms with E-state index < -0.39 is 0 Å². The Morgan fingerprint density at radius 2 is 1.73 bits per heavy atom. The van der Waals surface area contributed by atoms with E-state index in [0.717, 1.165) is 16.8 Å². The zero-order valence-electron chi connectivity index (χ0n) is 19.5. The fourth-order valence-electron chi connectivity index (χ4n) is 3.21. The molecule has 1 aromatic heterocycles. The van der Waals surface area contributed by atoms with E-state index in [-0.39, 0.29) is 24.6 Å². The number of likely N-dealkylation sites (N-methyl/N-ethyl adjacent to an activating group) is 1. The van der Waals surface area contributed by atoms with Crippen LogP contribution in [0.2, 0.25) is 0 Å². The zero-order chi connectivity index (χ0) is 23.8. The molecule has 3 rings (SSSR count). The molecule has 1 unspecified atom stereocenters. The van der Waals surface area contributed by atoms with Gasteiger partial charge in [0.05, 0.1) is 17.4 Å². The summed E-state index contributed by atoms with van der Waals surface area (Å²) in [4.78, 5) is 30.8. The highest BCUT2D eigenvalue weighted by Crippen LogP contribution is 2.26. The molecule has 0 fully saturated rings. The van der Waals surface area contributed by atoms with Crippen molar-refractivity contribution in [2.24, 2.45) is 0 Å². The zero-order valence-corrected chi connectivity index (χ0v) is 19.5. The summed E-state index contributed by atoms with van der Waals surface area (Å²) in [5.74, 6) is 0.272. The molecule has 0 saturated heterocycles. The maximum Gasteiger partial charge on any atom is 0.319 e. The Morgan fingerprint density at radius 1 is 1.00 bits per heavy atom. The number of benzene rings is 2. The standard InChI is InChI=1S/C26H30N4O3/c1-18-8-11-20(12-9-18)16-23(21-7-5-6-14-27-21)29-26(32)28-22-13-10-19(2)15-24(22)33-17-25(31)30(3)4/h5-15,23H,16-17H2,1-4H3,(H2,28,29,32). The number of aromatic nitrogens is 1. The van der Waals surface area contributed by atoms with Crippen molar-refractivity contribution in [3.8, 4) is 5.75 Å². The second-order valence-electron chi connectivity index (χ2n) is 8.17. The highest BCUT2D eigenvalue weighted by Gasteiger charge is 2.18. The number of nitrogens with one attached hydrogen (secondary N) is 2. The minimum Gasteiger partial charge on any atom is -0.482 e. The Bertz CT molecular complexity index is 1080. The van der Waals surface area contributed by atoms with Crippen LogP contribution in [0, 0.1) is 13.8 Å². The van der Waals surface area contributed by atoms with E-state index in [4.69, 9.17) is 4.74 Å². The van der Waals surface area contributed by atoms with Gasteiger partial charge in [-0.3, -0.25) is 9.78 Å². The first-order chi connectivity index (χ1) is 15.8. The van der Waals surface area contributed by atoms with Gasteiger partial charge in [-0.15, -0.1) is 0 Å². The number of anilines is 1. The quantitative estimate of drug-likeness (QED) is 0.541. The van der Waals surface area contributed by atoms with Gasteiger partial charge in [0.2, 0.25) is 0 Å². The van der Waals surface area contributed by atoms with Crippen LogP contribution in [0.3, 0.4) is 0 Å². The van der Waals surface area contributed by atoms with Gasteiger partial charge in [0, 0.05) is 20.3 Å². The molecule has 3 aromatic rings. The predicted molar refractivity (Wildman–Crippen MR) is 129 cm³/mol. The molecule has 1 atom stereocenters. The van der Waals surface area contributed by atoms with Crippen molar-refractivity contribution in [2.75, 3.05) is 26.0 Å². The van der Waals surface area contributed by atoms with Crippen LogP contribution in [0.1, 0.15) is 28.4 Å². The van der Waals surface area contributed by atoms with Crippen LogP contribution in [0.4, 0.5) is 10.5 Å². The van der Waals surface area contributed by atoms with Crippen LogP contribution in [-0.2, 0) is 11.2 Å². The van der Waals surface area contributed by atoms with Crippen LogP contribution in [0.5, 0.6) is 5.75 Å². The molecule has 0 spiro atoms. The number of amides is 3. The molecule has 0 aliphatic carbocycles. The smallest absolute Gasteiger partial charge is 0.319 e. The van der Waals surface area contributed by atoms with E-state index in [2.05, 4.69) is 39.9 Å². The molecule has 2 aromatic carbocycles. The number of aryl methyl sites for hydroxylation is 2. The molecule has 7 heteroatoms. The van der Waals surface area contributed by atoms with E-state index in [1.807, 2.05) is 38.1 Å². The second kappa shape index (κ2) is 11.1. The summed E-state index contributed by atoms with van der Waals surface area (Å²) in [6.07, 6.45) is 2.31. The molecule has 0 bridgehead atoms. The average molecular weight is 447 g/mol. The van der Waals surface area contributed by atoms with Gasteiger partial charge in [-0.1, -0.05) is 42.0 Å². The number of pyridine rings is 1. The topological polar surface area (TPSA) is 83.6 Å². The van der Waals surface area contributed by atoms with E-state index in [1.54, 1.807) is 32.4 Å². The van der Waals surface area contributed by atoms with Crippen molar-refractivity contribution in [1.29, 1.82) is 0 Å². The van der Waals surface area contributed by atoms with Crippen LogP contribution in [0.15, 0.2) is 66.9 Å². The van der Waals surface area contributed by atoms with E-state index in [1.165, 1.54) is 10.5 Å². The first kappa shape index (κ1) is 23.8. The lowest BCUT2D eigenvalue weighted by atomic mass is 10.0. The Balaban J connectivity index is 1.75. The van der Waals surface area contributed by atoms with Crippen molar-refractivity contribution >= 4 is 17.6 Å². The number of hydrogen-bond donors (Lipinski definition) is 2. The monoisotopic (exact) mass is 446 g/mol. The second-order valence-corrected chi connectivity index (χ2v) is 8.17. The first-order valence-corrected chi connectivity index (χ1v) is 10.8. The number of urea groups is 1. The normalized spacial score (nSPS) is 11.4. The van der Waals surface area contributed by atoms with E-state index >= 15 is 0 Å². The summed E-state index contributed by atoms with van der Waals surface area (Å²) in [6.45, 7) is 3.85. The summed E-state index contributed by atoms with van der Waals surface area (Å²) >= 11 is 0. The summed E-state index contributed by atoms with van der Waals surface area (Å²) in [7, 11) is 3.33. The molecule has 0 aliphatic rings.